The lowest BCUT2D eigenvalue weighted by atomic mass is 10.3. The average Bonchev–Trinajstić information content (AvgIpc) is 2.37. The molecule has 0 heterocycles. The van der Waals surface area contributed by atoms with E-state index in [4.69, 9.17) is 0 Å². The highest BCUT2D eigenvalue weighted by Crippen LogP contribution is 2.24. The highest BCUT2D eigenvalue weighted by molar-refractivity contribution is 5.98. The number of rotatable bonds is 5. The molecular formula is C12H14O6. The van der Waals surface area contributed by atoms with Gasteiger partial charge in [0.05, 0.1) is 6.61 Å². The Labute approximate surface area is 104 Å². The highest BCUT2D eigenvalue weighted by atomic mass is 16.6. The number of carbonyl (C=O) groups is 2. The van der Waals surface area contributed by atoms with Gasteiger partial charge in [0.25, 0.3) is 6.10 Å². The lowest BCUT2D eigenvalue weighted by molar-refractivity contribution is -0.163. The average molecular weight is 254 g/mol. The van der Waals surface area contributed by atoms with Crippen molar-refractivity contribution in [3.63, 3.8) is 0 Å². The van der Waals surface area contributed by atoms with E-state index in [2.05, 4.69) is 9.47 Å². The second-order valence-corrected chi connectivity index (χ2v) is 3.46. The number of benzene rings is 1. The van der Waals surface area contributed by atoms with Crippen molar-refractivity contribution in [2.24, 2.45) is 0 Å². The SMILES string of the molecule is CCCOC(=O)C(O)C(=O)Oc1ccccc1O. The summed E-state index contributed by atoms with van der Waals surface area (Å²) in [6.45, 7) is 1.89. The topological polar surface area (TPSA) is 93.1 Å². The Morgan fingerprint density at radius 2 is 1.94 bits per heavy atom. The molecule has 0 fully saturated rings. The number of esters is 2. The maximum Gasteiger partial charge on any atom is 0.352 e. The molecule has 1 unspecified atom stereocenters. The first-order chi connectivity index (χ1) is 8.56. The van der Waals surface area contributed by atoms with Crippen LogP contribution in [0.15, 0.2) is 24.3 Å². The zero-order chi connectivity index (χ0) is 13.5. The summed E-state index contributed by atoms with van der Waals surface area (Å²) in [6, 6.07) is 5.71. The van der Waals surface area contributed by atoms with Crippen LogP contribution in [0.2, 0.25) is 0 Å². The molecule has 1 rings (SSSR count). The number of aliphatic hydroxyl groups excluding tert-OH is 1. The minimum Gasteiger partial charge on any atom is -0.504 e. The number of para-hydroxylation sites is 2. The smallest absolute Gasteiger partial charge is 0.352 e. The maximum absolute atomic E-state index is 11.4. The Morgan fingerprint density at radius 3 is 2.56 bits per heavy atom. The first kappa shape index (κ1) is 14.0. The summed E-state index contributed by atoms with van der Waals surface area (Å²) in [5.74, 6) is -2.67. The molecule has 18 heavy (non-hydrogen) atoms. The lowest BCUT2D eigenvalue weighted by Gasteiger charge is -2.10. The Hall–Kier alpha value is -2.08. The molecule has 0 aromatic heterocycles. The molecule has 1 aromatic rings. The maximum atomic E-state index is 11.4. The van der Waals surface area contributed by atoms with Crippen LogP contribution >= 0.6 is 0 Å². The Morgan fingerprint density at radius 1 is 1.28 bits per heavy atom. The molecule has 0 saturated carbocycles. The third-order valence-electron chi connectivity index (χ3n) is 1.97. The van der Waals surface area contributed by atoms with E-state index < -0.39 is 18.0 Å². The summed E-state index contributed by atoms with van der Waals surface area (Å²) in [6.07, 6.45) is -1.44. The second-order valence-electron chi connectivity index (χ2n) is 3.46. The van der Waals surface area contributed by atoms with Gasteiger partial charge in [0.2, 0.25) is 0 Å². The summed E-state index contributed by atoms with van der Waals surface area (Å²) < 4.78 is 9.26. The largest absolute Gasteiger partial charge is 0.504 e. The predicted molar refractivity (Wildman–Crippen MR) is 61.0 cm³/mol. The van der Waals surface area contributed by atoms with Gasteiger partial charge in [-0.25, -0.2) is 9.59 Å². The fourth-order valence-corrected chi connectivity index (χ4v) is 1.09. The van der Waals surface area contributed by atoms with E-state index in [9.17, 15) is 19.8 Å². The van der Waals surface area contributed by atoms with Crippen molar-refractivity contribution in [2.45, 2.75) is 19.4 Å². The molecule has 2 N–H and O–H groups in total. The van der Waals surface area contributed by atoms with Crippen LogP contribution in [-0.2, 0) is 14.3 Å². The molecule has 0 aliphatic carbocycles. The van der Waals surface area contributed by atoms with E-state index in [0.29, 0.717) is 6.42 Å². The summed E-state index contributed by atoms with van der Waals surface area (Å²) in [7, 11) is 0. The molecule has 0 bridgehead atoms. The van der Waals surface area contributed by atoms with E-state index in [1.807, 2.05) is 0 Å². The molecule has 0 amide bonds. The molecule has 1 atom stereocenters. The molecule has 1 aromatic carbocycles. The van der Waals surface area contributed by atoms with Crippen LogP contribution in [0.5, 0.6) is 11.5 Å². The summed E-state index contributed by atoms with van der Waals surface area (Å²) >= 11 is 0. The molecule has 0 aliphatic heterocycles. The zero-order valence-electron chi connectivity index (χ0n) is 9.83. The third kappa shape index (κ3) is 3.74. The first-order valence-electron chi connectivity index (χ1n) is 5.40. The van der Waals surface area contributed by atoms with Gasteiger partial charge in [0, 0.05) is 0 Å². The number of aromatic hydroxyl groups is 1. The lowest BCUT2D eigenvalue weighted by Crippen LogP contribution is -2.35. The van der Waals surface area contributed by atoms with Crippen molar-refractivity contribution in [3.8, 4) is 11.5 Å². The molecule has 0 aliphatic rings. The molecule has 98 valence electrons. The normalized spacial score (nSPS) is 11.7. The van der Waals surface area contributed by atoms with Crippen molar-refractivity contribution >= 4 is 11.9 Å². The quantitative estimate of drug-likeness (QED) is 0.454. The number of carbonyl (C=O) groups excluding carboxylic acids is 2. The van der Waals surface area contributed by atoms with E-state index in [1.54, 1.807) is 13.0 Å². The Kier molecular flexibility index (Phi) is 5.13. The van der Waals surface area contributed by atoms with Crippen LogP contribution in [0.1, 0.15) is 13.3 Å². The number of aliphatic hydroxyl groups is 1. The van der Waals surface area contributed by atoms with E-state index in [0.717, 1.165) is 0 Å². The number of phenolic OH excluding ortho intramolecular Hbond substituents is 1. The van der Waals surface area contributed by atoms with E-state index in [-0.39, 0.29) is 18.1 Å². The predicted octanol–water partition coefficient (Wildman–Crippen LogP) is 0.612. The van der Waals surface area contributed by atoms with Gasteiger partial charge >= 0.3 is 11.9 Å². The van der Waals surface area contributed by atoms with Gasteiger partial charge in [0.1, 0.15) is 0 Å². The Balaban J connectivity index is 2.60. The number of hydrogen-bond acceptors (Lipinski definition) is 6. The molecule has 6 heteroatoms. The second kappa shape index (κ2) is 6.61. The summed E-state index contributed by atoms with van der Waals surface area (Å²) in [4.78, 5) is 22.6. The van der Waals surface area contributed by atoms with Crippen LogP contribution in [0, 0.1) is 0 Å². The van der Waals surface area contributed by atoms with Crippen LogP contribution in [0.25, 0.3) is 0 Å². The summed E-state index contributed by atoms with van der Waals surface area (Å²) in [5, 5.41) is 18.7. The number of phenols is 1. The van der Waals surface area contributed by atoms with Gasteiger partial charge in [0.15, 0.2) is 11.5 Å². The number of hydrogen-bond donors (Lipinski definition) is 2. The van der Waals surface area contributed by atoms with Crippen LogP contribution in [0.4, 0.5) is 0 Å². The van der Waals surface area contributed by atoms with Gasteiger partial charge in [-0.2, -0.15) is 0 Å². The van der Waals surface area contributed by atoms with Crippen LogP contribution < -0.4 is 4.74 Å². The minimum absolute atomic E-state index is 0.111. The molecule has 6 nitrogen and oxygen atoms in total. The third-order valence-corrected chi connectivity index (χ3v) is 1.97. The van der Waals surface area contributed by atoms with E-state index in [1.165, 1.54) is 18.2 Å². The van der Waals surface area contributed by atoms with Crippen LogP contribution in [0.3, 0.4) is 0 Å². The van der Waals surface area contributed by atoms with Crippen molar-refractivity contribution in [3.05, 3.63) is 24.3 Å². The van der Waals surface area contributed by atoms with Gasteiger partial charge < -0.3 is 19.7 Å². The van der Waals surface area contributed by atoms with Crippen molar-refractivity contribution < 1.29 is 29.3 Å². The molecule has 0 spiro atoms. The van der Waals surface area contributed by atoms with Gasteiger partial charge in [-0.15, -0.1) is 0 Å². The standard InChI is InChI=1S/C12H14O6/c1-2-7-17-11(15)10(14)12(16)18-9-6-4-3-5-8(9)13/h3-6,10,13-14H,2,7H2,1H3. The van der Waals surface area contributed by atoms with Crippen molar-refractivity contribution in [2.75, 3.05) is 6.61 Å². The van der Waals surface area contributed by atoms with Gasteiger partial charge in [-0.3, -0.25) is 0 Å². The summed E-state index contributed by atoms with van der Waals surface area (Å²) in [5.41, 5.74) is 0. The highest BCUT2D eigenvalue weighted by Gasteiger charge is 2.28. The van der Waals surface area contributed by atoms with Crippen molar-refractivity contribution in [1.29, 1.82) is 0 Å². The fourth-order valence-electron chi connectivity index (χ4n) is 1.09. The van der Waals surface area contributed by atoms with Crippen molar-refractivity contribution in [1.82, 2.24) is 0 Å². The molecule has 0 saturated heterocycles. The van der Waals surface area contributed by atoms with E-state index >= 15 is 0 Å². The Bertz CT molecular complexity index is 428. The monoisotopic (exact) mass is 254 g/mol. The number of ether oxygens (including phenoxy) is 2. The minimum atomic E-state index is -2.02. The van der Waals surface area contributed by atoms with Crippen LogP contribution in [-0.4, -0.2) is 34.9 Å². The molecular weight excluding hydrogens is 240 g/mol. The zero-order valence-corrected chi connectivity index (χ0v) is 9.83. The molecule has 0 radical (unpaired) electrons. The fraction of sp³-hybridized carbons (Fsp3) is 0.333. The first-order valence-corrected chi connectivity index (χ1v) is 5.40. The van der Waals surface area contributed by atoms with Gasteiger partial charge in [-0.05, 0) is 18.6 Å². The van der Waals surface area contributed by atoms with Gasteiger partial charge in [-0.1, -0.05) is 19.1 Å².